The van der Waals surface area contributed by atoms with Gasteiger partial charge in [-0.05, 0) is 115 Å². The van der Waals surface area contributed by atoms with Crippen molar-refractivity contribution >= 4 is 65.4 Å². The number of nitrogens with one attached hydrogen (secondary N) is 1. The van der Waals surface area contributed by atoms with Crippen molar-refractivity contribution in [3.05, 3.63) is 88.4 Å². The molecule has 0 aliphatic carbocycles. The van der Waals surface area contributed by atoms with Crippen LogP contribution in [0.3, 0.4) is 0 Å². The second-order valence-corrected chi connectivity index (χ2v) is 26.5. The first-order chi connectivity index (χ1) is 33.4. The molecule has 2 aromatic carbocycles. The van der Waals surface area contributed by atoms with E-state index < -0.39 is 25.8 Å². The summed E-state index contributed by atoms with van der Waals surface area (Å²) in [6, 6.07) is 15.0. The van der Waals surface area contributed by atoms with Crippen molar-refractivity contribution in [1.29, 1.82) is 0 Å². The van der Waals surface area contributed by atoms with Gasteiger partial charge in [0.2, 0.25) is 5.91 Å². The minimum absolute atomic E-state index is 0.0577. The van der Waals surface area contributed by atoms with Crippen molar-refractivity contribution in [2.24, 2.45) is 0 Å². The molecule has 2 atom stereocenters. The van der Waals surface area contributed by atoms with E-state index in [2.05, 4.69) is 53.7 Å². The molecule has 0 radical (unpaired) electrons. The third-order valence-corrected chi connectivity index (χ3v) is 14.9. The summed E-state index contributed by atoms with van der Waals surface area (Å²) in [7, 11) is 0.730. The Morgan fingerprint density at radius 3 is 2.51 bits per heavy atom. The second-order valence-electron chi connectivity index (χ2n) is 20.8. The highest BCUT2D eigenvalue weighted by Gasteiger charge is 2.43. The van der Waals surface area contributed by atoms with Crippen LogP contribution < -0.4 is 5.32 Å². The molecule has 1 N–H and O–H groups in total. The van der Waals surface area contributed by atoms with Crippen LogP contribution >= 0.6 is 0 Å². The smallest absolute Gasteiger partial charge is 0.419 e. The number of amides is 4. The van der Waals surface area contributed by atoms with E-state index in [0.717, 1.165) is 77.1 Å². The van der Waals surface area contributed by atoms with E-state index in [1.54, 1.807) is 33.9 Å². The first-order valence-corrected chi connectivity index (χ1v) is 28.2. The first-order valence-electron chi connectivity index (χ1n) is 24.5. The molecule has 2 saturated heterocycles. The minimum atomic E-state index is -1.33. The number of carbonyl (C=O) groups excluding carboxylic acids is 5. The fourth-order valence-electron chi connectivity index (χ4n) is 9.40. The van der Waals surface area contributed by atoms with Crippen LogP contribution in [0, 0.1) is 18.8 Å². The largest absolute Gasteiger partial charge is 0.443 e. The van der Waals surface area contributed by atoms with Gasteiger partial charge >= 0.3 is 6.09 Å². The topological polar surface area (TPSA) is 170 Å². The van der Waals surface area contributed by atoms with Crippen molar-refractivity contribution in [2.45, 2.75) is 129 Å². The van der Waals surface area contributed by atoms with E-state index in [1.165, 1.54) is 4.90 Å². The summed E-state index contributed by atoms with van der Waals surface area (Å²) >= 11 is 0. The van der Waals surface area contributed by atoms with Crippen LogP contribution in [-0.2, 0) is 36.9 Å². The molecule has 5 aromatic rings. The number of piperidine rings is 1. The number of carbonyl (C=O) groups is 5. The first kappa shape index (κ1) is 50.2. The van der Waals surface area contributed by atoms with Crippen LogP contribution in [-0.4, -0.2) is 124 Å². The molecule has 8 rings (SSSR count). The van der Waals surface area contributed by atoms with Gasteiger partial charge in [-0.3, -0.25) is 33.7 Å². The van der Waals surface area contributed by atoms with E-state index in [0.29, 0.717) is 55.2 Å². The van der Waals surface area contributed by atoms with E-state index in [-0.39, 0.29) is 55.8 Å². The zero-order valence-electron chi connectivity index (χ0n) is 41.9. The molecule has 70 heavy (non-hydrogen) atoms. The van der Waals surface area contributed by atoms with Crippen molar-refractivity contribution in [3.63, 3.8) is 0 Å². The molecule has 0 saturated carbocycles. The SMILES string of the molecule is Cc1nn(CCOCCCCC#Cc2cccc3c2CN(C2CCC(=O)N(COCC[Si](C)(C)C)C2=O)C3=O)c2cc(C(=O)Nc3cc4c(cn3)cc([C@H]3CCCN3C)n4C(=O)OC(C)(C)C)ccc12. The quantitative estimate of drug-likeness (QED) is 0.0435. The Hall–Kier alpha value is -6.19. The van der Waals surface area contributed by atoms with Gasteiger partial charge in [0.25, 0.3) is 17.7 Å². The summed E-state index contributed by atoms with van der Waals surface area (Å²) in [6.45, 7) is 17.3. The van der Waals surface area contributed by atoms with E-state index in [1.807, 2.05) is 62.7 Å². The van der Waals surface area contributed by atoms with Gasteiger partial charge < -0.3 is 24.4 Å². The third kappa shape index (κ3) is 11.4. The van der Waals surface area contributed by atoms with Gasteiger partial charge in [-0.2, -0.15) is 5.10 Å². The number of hydrogen-bond acceptors (Lipinski definition) is 11. The van der Waals surface area contributed by atoms with E-state index >= 15 is 0 Å². The van der Waals surface area contributed by atoms with Gasteiger partial charge in [0, 0.05) is 86.1 Å². The average Bonchev–Trinajstić information content (AvgIpc) is 4.07. The van der Waals surface area contributed by atoms with Gasteiger partial charge in [0.15, 0.2) is 0 Å². The molecule has 4 amide bonds. The fourth-order valence-corrected chi connectivity index (χ4v) is 10.2. The minimum Gasteiger partial charge on any atom is -0.443 e. The number of unbranched alkanes of at least 4 members (excludes halogenated alkanes) is 2. The Bertz CT molecular complexity index is 2880. The highest BCUT2D eigenvalue weighted by Crippen LogP contribution is 2.36. The van der Waals surface area contributed by atoms with Gasteiger partial charge in [-0.25, -0.2) is 14.3 Å². The second kappa shape index (κ2) is 21.0. The number of anilines is 1. The van der Waals surface area contributed by atoms with Gasteiger partial charge in [0.1, 0.15) is 24.2 Å². The monoisotopic (exact) mass is 970 g/mol. The number of likely N-dealkylation sites (tertiary alicyclic amines) is 2. The molecule has 0 bridgehead atoms. The Labute approximate surface area is 411 Å². The maximum atomic E-state index is 13.7. The molecule has 3 aliphatic rings. The molecule has 17 heteroatoms. The highest BCUT2D eigenvalue weighted by atomic mass is 28.3. The highest BCUT2D eigenvalue weighted by molar-refractivity contribution is 6.76. The number of rotatable bonds is 16. The molecule has 3 aliphatic heterocycles. The predicted octanol–water partition coefficient (Wildman–Crippen LogP) is 8.52. The number of ether oxygens (including phenoxy) is 3. The molecular formula is C53H66N8O8Si. The molecule has 2 fully saturated rings. The third-order valence-electron chi connectivity index (χ3n) is 13.2. The molecule has 1 unspecified atom stereocenters. The summed E-state index contributed by atoms with van der Waals surface area (Å²) in [6.07, 6.45) is 5.91. The van der Waals surface area contributed by atoms with Crippen molar-refractivity contribution in [2.75, 3.05) is 45.5 Å². The van der Waals surface area contributed by atoms with Crippen LogP contribution in [0.5, 0.6) is 0 Å². The zero-order valence-corrected chi connectivity index (χ0v) is 42.9. The van der Waals surface area contributed by atoms with Crippen LogP contribution in [0.1, 0.15) is 115 Å². The summed E-state index contributed by atoms with van der Waals surface area (Å²) in [4.78, 5) is 76.7. The molecular weight excluding hydrogens is 905 g/mol. The Morgan fingerprint density at radius 1 is 0.943 bits per heavy atom. The van der Waals surface area contributed by atoms with Crippen molar-refractivity contribution < 1.29 is 38.2 Å². The Balaban J connectivity index is 0.824. The lowest BCUT2D eigenvalue weighted by molar-refractivity contribution is -0.158. The number of benzene rings is 2. The lowest BCUT2D eigenvalue weighted by Gasteiger charge is -2.35. The molecule has 0 spiro atoms. The van der Waals surface area contributed by atoms with Crippen LogP contribution in [0.2, 0.25) is 25.7 Å². The number of pyridine rings is 1. The summed E-state index contributed by atoms with van der Waals surface area (Å²) < 4.78 is 21.1. The molecule has 6 heterocycles. The molecule has 16 nitrogen and oxygen atoms in total. The fraction of sp³-hybridized carbons (Fsp3) is 0.491. The van der Waals surface area contributed by atoms with Crippen molar-refractivity contribution in [1.82, 2.24) is 34.0 Å². The lowest BCUT2D eigenvalue weighted by atomic mass is 10.0. The number of hydrogen-bond donors (Lipinski definition) is 1. The van der Waals surface area contributed by atoms with Gasteiger partial charge in [0.05, 0.1) is 35.9 Å². The standard InChI is InChI=1S/C53H66N8O8Si/c1-35-39-20-19-37(49(63)55-47-31-44-38(32-54-47)30-46(42-18-14-23-57(42)5)61(44)52(66)69-53(2,3)4)29-45(39)60(56-35)24-26-67-25-12-10-9-11-15-36-16-13-17-40-41(36)33-58(50(40)64)43-21-22-48(62)59(51(43)65)34-68-27-28-70(6,7)8/h13,16-17,19-20,29-32,42-43H,9-10,12,14,18,21-28,33-34H2,1-8H3,(H,54,55,63)/t42-,43?/m1/s1. The average molecular weight is 971 g/mol. The Kier molecular flexibility index (Phi) is 15.1. The number of aromatic nitrogens is 4. The molecule has 370 valence electrons. The number of nitrogens with zero attached hydrogens (tertiary/aromatic N) is 7. The van der Waals surface area contributed by atoms with E-state index in [4.69, 9.17) is 19.3 Å². The lowest BCUT2D eigenvalue weighted by Crippen LogP contribution is -2.55. The zero-order chi connectivity index (χ0) is 49.9. The van der Waals surface area contributed by atoms with Crippen molar-refractivity contribution in [3.8, 4) is 11.8 Å². The maximum Gasteiger partial charge on any atom is 0.419 e. The normalized spacial score (nSPS) is 17.7. The van der Waals surface area contributed by atoms with Gasteiger partial charge in [-0.1, -0.05) is 43.6 Å². The number of fused-ring (bicyclic) bond motifs is 3. The van der Waals surface area contributed by atoms with Crippen LogP contribution in [0.4, 0.5) is 10.6 Å². The predicted molar refractivity (Wildman–Crippen MR) is 270 cm³/mol. The van der Waals surface area contributed by atoms with Gasteiger partial charge in [-0.15, -0.1) is 0 Å². The van der Waals surface area contributed by atoms with Crippen LogP contribution in [0.15, 0.2) is 54.7 Å². The van der Waals surface area contributed by atoms with E-state index in [9.17, 15) is 24.0 Å². The summed E-state index contributed by atoms with van der Waals surface area (Å²) in [5.41, 5.74) is 4.99. The summed E-state index contributed by atoms with van der Waals surface area (Å²) in [5, 5.41) is 9.41. The Morgan fingerprint density at radius 2 is 1.76 bits per heavy atom. The molecule has 3 aromatic heterocycles. The maximum absolute atomic E-state index is 13.7. The number of aryl methyl sites for hydroxylation is 1. The number of imide groups is 1. The van der Waals surface area contributed by atoms with Crippen LogP contribution in [0.25, 0.3) is 21.8 Å². The summed E-state index contributed by atoms with van der Waals surface area (Å²) in [5.74, 6) is 5.63.